The molecule has 0 aliphatic carbocycles. The maximum Gasteiger partial charge on any atom is 0.252 e. The van der Waals surface area contributed by atoms with E-state index in [0.717, 1.165) is 0 Å². The van der Waals surface area contributed by atoms with Gasteiger partial charge in [0.1, 0.15) is 0 Å². The first-order valence-corrected chi connectivity index (χ1v) is 3.98. The summed E-state index contributed by atoms with van der Waals surface area (Å²) in [4.78, 5) is 10.8. The van der Waals surface area contributed by atoms with Gasteiger partial charge in [0.2, 0.25) is 0 Å². The highest BCUT2D eigenvalue weighted by Gasteiger charge is 2.08. The maximum absolute atomic E-state index is 10.8. The van der Waals surface area contributed by atoms with E-state index in [-0.39, 0.29) is 0 Å². The molecule has 0 saturated heterocycles. The van der Waals surface area contributed by atoms with E-state index in [1.807, 2.05) is 0 Å². The second-order valence-corrected chi connectivity index (χ2v) is 2.75. The Bertz CT molecular complexity index is 306. The van der Waals surface area contributed by atoms with E-state index < -0.39 is 5.91 Å². The number of ether oxygens (including phenoxy) is 1. The van der Waals surface area contributed by atoms with Gasteiger partial charge < -0.3 is 10.5 Å². The van der Waals surface area contributed by atoms with Crippen LogP contribution in [0.15, 0.2) is 6.20 Å². The fourth-order valence-electron chi connectivity index (χ4n) is 1.06. The molecule has 0 unspecified atom stereocenters. The molecule has 0 aliphatic heterocycles. The van der Waals surface area contributed by atoms with Gasteiger partial charge in [0.15, 0.2) is 0 Å². The fourth-order valence-corrected chi connectivity index (χ4v) is 1.06. The summed E-state index contributed by atoms with van der Waals surface area (Å²) in [5.41, 5.74) is 6.26. The molecule has 1 aromatic heterocycles. The van der Waals surface area contributed by atoms with Gasteiger partial charge in [0.05, 0.1) is 24.4 Å². The van der Waals surface area contributed by atoms with Crippen molar-refractivity contribution in [3.05, 3.63) is 17.5 Å². The van der Waals surface area contributed by atoms with E-state index in [2.05, 4.69) is 5.10 Å². The van der Waals surface area contributed by atoms with E-state index in [1.165, 1.54) is 0 Å². The molecule has 0 fully saturated rings. The molecule has 0 aromatic carbocycles. The van der Waals surface area contributed by atoms with Crippen LogP contribution < -0.4 is 5.73 Å². The molecule has 0 spiro atoms. The van der Waals surface area contributed by atoms with Crippen LogP contribution in [0.4, 0.5) is 0 Å². The van der Waals surface area contributed by atoms with Crippen LogP contribution in [0.25, 0.3) is 0 Å². The highest BCUT2D eigenvalue weighted by atomic mass is 16.5. The van der Waals surface area contributed by atoms with Gasteiger partial charge in [0.25, 0.3) is 5.91 Å². The van der Waals surface area contributed by atoms with Gasteiger partial charge in [0, 0.05) is 13.3 Å². The van der Waals surface area contributed by atoms with Crippen LogP contribution in [0.1, 0.15) is 16.1 Å². The number of rotatable bonds is 4. The molecule has 13 heavy (non-hydrogen) atoms. The van der Waals surface area contributed by atoms with Crippen molar-refractivity contribution in [2.24, 2.45) is 5.73 Å². The smallest absolute Gasteiger partial charge is 0.252 e. The number of carbonyl (C=O) groups is 1. The van der Waals surface area contributed by atoms with Gasteiger partial charge in [-0.15, -0.1) is 0 Å². The second kappa shape index (κ2) is 4.04. The lowest BCUT2D eigenvalue weighted by Crippen LogP contribution is -2.11. The second-order valence-electron chi connectivity index (χ2n) is 2.75. The topological polar surface area (TPSA) is 70.1 Å². The van der Waals surface area contributed by atoms with Gasteiger partial charge in [-0.1, -0.05) is 0 Å². The van der Waals surface area contributed by atoms with E-state index >= 15 is 0 Å². The average Bonchev–Trinajstić information content (AvgIpc) is 2.43. The van der Waals surface area contributed by atoms with E-state index in [9.17, 15) is 4.79 Å². The monoisotopic (exact) mass is 183 g/mol. The van der Waals surface area contributed by atoms with Crippen molar-refractivity contribution in [3.63, 3.8) is 0 Å². The van der Waals surface area contributed by atoms with Crippen LogP contribution in [0.5, 0.6) is 0 Å². The molecule has 0 saturated carbocycles. The lowest BCUT2D eigenvalue weighted by atomic mass is 10.2. The van der Waals surface area contributed by atoms with Crippen molar-refractivity contribution >= 4 is 5.91 Å². The Morgan fingerprint density at radius 1 is 1.77 bits per heavy atom. The zero-order valence-electron chi connectivity index (χ0n) is 7.78. The number of aryl methyl sites for hydroxylation is 1. The molecule has 0 bridgehead atoms. The molecule has 72 valence electrons. The number of primary amides is 1. The minimum atomic E-state index is -0.443. The molecule has 1 rings (SSSR count). The standard InChI is InChI=1S/C8H13N3O2/c1-6-7(8(9)12)5-11(10-6)3-4-13-2/h5H,3-4H2,1-2H3,(H2,9,12). The zero-order chi connectivity index (χ0) is 9.84. The van der Waals surface area contributed by atoms with Gasteiger partial charge in [-0.3, -0.25) is 9.48 Å². The molecular weight excluding hydrogens is 170 g/mol. The maximum atomic E-state index is 10.8. The van der Waals surface area contributed by atoms with E-state index in [4.69, 9.17) is 10.5 Å². The molecule has 1 amide bonds. The Balaban J connectivity index is 2.76. The molecular formula is C8H13N3O2. The van der Waals surface area contributed by atoms with Crippen molar-refractivity contribution in [2.75, 3.05) is 13.7 Å². The van der Waals surface area contributed by atoms with Crippen LogP contribution in [-0.4, -0.2) is 29.4 Å². The Hall–Kier alpha value is -1.36. The number of carbonyl (C=O) groups excluding carboxylic acids is 1. The molecule has 0 atom stereocenters. The third-order valence-electron chi connectivity index (χ3n) is 1.74. The largest absolute Gasteiger partial charge is 0.383 e. The molecule has 5 nitrogen and oxygen atoms in total. The van der Waals surface area contributed by atoms with Crippen molar-refractivity contribution in [1.82, 2.24) is 9.78 Å². The zero-order valence-corrected chi connectivity index (χ0v) is 7.78. The summed E-state index contributed by atoms with van der Waals surface area (Å²) in [6.07, 6.45) is 1.64. The summed E-state index contributed by atoms with van der Waals surface area (Å²) in [5.74, 6) is -0.443. The first-order chi connectivity index (χ1) is 6.15. The third kappa shape index (κ3) is 2.29. The lowest BCUT2D eigenvalue weighted by molar-refractivity contribution is 0.0999. The lowest BCUT2D eigenvalue weighted by Gasteiger charge is -1.97. The summed E-state index contributed by atoms with van der Waals surface area (Å²) >= 11 is 0. The first kappa shape index (κ1) is 9.73. The molecule has 0 radical (unpaired) electrons. The number of hydrogen-bond donors (Lipinski definition) is 1. The van der Waals surface area contributed by atoms with Gasteiger partial charge in [-0.05, 0) is 6.92 Å². The predicted molar refractivity (Wildman–Crippen MR) is 47.4 cm³/mol. The molecule has 0 aliphatic rings. The van der Waals surface area contributed by atoms with Crippen LogP contribution in [0.2, 0.25) is 0 Å². The number of methoxy groups -OCH3 is 1. The molecule has 1 heterocycles. The minimum Gasteiger partial charge on any atom is -0.383 e. The van der Waals surface area contributed by atoms with Crippen LogP contribution in [-0.2, 0) is 11.3 Å². The van der Waals surface area contributed by atoms with Crippen molar-refractivity contribution in [1.29, 1.82) is 0 Å². The quantitative estimate of drug-likeness (QED) is 0.710. The minimum absolute atomic E-state index is 0.443. The van der Waals surface area contributed by atoms with Crippen molar-refractivity contribution in [3.8, 4) is 0 Å². The third-order valence-corrected chi connectivity index (χ3v) is 1.74. The number of aromatic nitrogens is 2. The number of amides is 1. The first-order valence-electron chi connectivity index (χ1n) is 3.98. The van der Waals surface area contributed by atoms with E-state index in [0.29, 0.717) is 24.4 Å². The van der Waals surface area contributed by atoms with Gasteiger partial charge in [-0.2, -0.15) is 5.10 Å². The highest BCUT2D eigenvalue weighted by Crippen LogP contribution is 2.03. The number of nitrogens with two attached hydrogens (primary N) is 1. The SMILES string of the molecule is COCCn1cc(C(N)=O)c(C)n1. The predicted octanol–water partition coefficient (Wildman–Crippen LogP) is -0.0632. The fraction of sp³-hybridized carbons (Fsp3) is 0.500. The summed E-state index contributed by atoms with van der Waals surface area (Å²) in [6.45, 7) is 2.95. The number of nitrogens with zero attached hydrogens (tertiary/aromatic N) is 2. The Labute approximate surface area is 76.5 Å². The van der Waals surface area contributed by atoms with Crippen LogP contribution in [0, 0.1) is 6.92 Å². The summed E-state index contributed by atoms with van der Waals surface area (Å²) in [5, 5.41) is 4.11. The summed E-state index contributed by atoms with van der Waals surface area (Å²) in [6, 6.07) is 0. The molecule has 1 aromatic rings. The summed E-state index contributed by atoms with van der Waals surface area (Å²) < 4.78 is 6.53. The van der Waals surface area contributed by atoms with Gasteiger partial charge >= 0.3 is 0 Å². The highest BCUT2D eigenvalue weighted by molar-refractivity contribution is 5.93. The molecule has 2 N–H and O–H groups in total. The van der Waals surface area contributed by atoms with Crippen LogP contribution in [0.3, 0.4) is 0 Å². The normalized spacial score (nSPS) is 10.3. The van der Waals surface area contributed by atoms with Crippen LogP contribution >= 0.6 is 0 Å². The van der Waals surface area contributed by atoms with Crippen molar-refractivity contribution < 1.29 is 9.53 Å². The van der Waals surface area contributed by atoms with E-state index in [1.54, 1.807) is 24.9 Å². The van der Waals surface area contributed by atoms with Gasteiger partial charge in [-0.25, -0.2) is 0 Å². The Morgan fingerprint density at radius 2 is 2.46 bits per heavy atom. The van der Waals surface area contributed by atoms with Crippen molar-refractivity contribution in [2.45, 2.75) is 13.5 Å². The summed E-state index contributed by atoms with van der Waals surface area (Å²) in [7, 11) is 1.62. The number of hydrogen-bond acceptors (Lipinski definition) is 3. The Kier molecular flexibility index (Phi) is 3.02. The average molecular weight is 183 g/mol. The molecule has 5 heteroatoms. The Morgan fingerprint density at radius 3 is 2.92 bits per heavy atom.